The number of ether oxygens (including phenoxy) is 1. The highest BCUT2D eigenvalue weighted by Gasteiger charge is 2.17. The molecular formula is C10H12O3S. The molecule has 0 saturated heterocycles. The SMILES string of the molecule is CCOC(=O)c1csc(C(C)=O)c1C. The molecule has 76 valence electrons. The Morgan fingerprint density at radius 2 is 2.14 bits per heavy atom. The summed E-state index contributed by atoms with van der Waals surface area (Å²) in [7, 11) is 0. The van der Waals surface area contributed by atoms with Crippen LogP contribution in [-0.4, -0.2) is 18.4 Å². The average Bonchev–Trinajstić information content (AvgIpc) is 2.47. The zero-order valence-electron chi connectivity index (χ0n) is 8.42. The van der Waals surface area contributed by atoms with Gasteiger partial charge in [0.05, 0.1) is 17.0 Å². The van der Waals surface area contributed by atoms with Gasteiger partial charge in [-0.2, -0.15) is 0 Å². The van der Waals surface area contributed by atoms with Gasteiger partial charge < -0.3 is 4.74 Å². The molecule has 1 heterocycles. The largest absolute Gasteiger partial charge is 0.462 e. The van der Waals surface area contributed by atoms with E-state index in [1.165, 1.54) is 18.3 Å². The first-order valence-corrected chi connectivity index (χ1v) is 5.22. The van der Waals surface area contributed by atoms with Crippen LogP contribution in [0.15, 0.2) is 5.38 Å². The summed E-state index contributed by atoms with van der Waals surface area (Å²) >= 11 is 1.29. The van der Waals surface area contributed by atoms with Gasteiger partial charge in [0.15, 0.2) is 5.78 Å². The smallest absolute Gasteiger partial charge is 0.339 e. The van der Waals surface area contributed by atoms with Crippen molar-refractivity contribution in [2.45, 2.75) is 20.8 Å². The van der Waals surface area contributed by atoms with Gasteiger partial charge in [0, 0.05) is 5.38 Å². The first kappa shape index (κ1) is 10.9. The Bertz CT molecular complexity index is 365. The number of carbonyl (C=O) groups excluding carboxylic acids is 2. The third-order valence-electron chi connectivity index (χ3n) is 1.85. The monoisotopic (exact) mass is 212 g/mol. The molecule has 0 radical (unpaired) electrons. The molecule has 14 heavy (non-hydrogen) atoms. The number of hydrogen-bond acceptors (Lipinski definition) is 4. The Labute approximate surface area is 86.7 Å². The van der Waals surface area contributed by atoms with Gasteiger partial charge in [-0.25, -0.2) is 4.79 Å². The molecule has 0 fully saturated rings. The lowest BCUT2D eigenvalue weighted by atomic mass is 10.1. The van der Waals surface area contributed by atoms with Crippen LogP contribution >= 0.6 is 11.3 Å². The fourth-order valence-electron chi connectivity index (χ4n) is 1.17. The standard InChI is InChI=1S/C10H12O3S/c1-4-13-10(12)8-5-14-9(6(8)2)7(3)11/h5H,4H2,1-3H3. The second kappa shape index (κ2) is 4.37. The predicted molar refractivity (Wildman–Crippen MR) is 55.0 cm³/mol. The molecule has 1 rings (SSSR count). The normalized spacial score (nSPS) is 9.93. The number of thiophene rings is 1. The Morgan fingerprint density at radius 1 is 1.50 bits per heavy atom. The van der Waals surface area contributed by atoms with Gasteiger partial charge in [-0.15, -0.1) is 11.3 Å². The van der Waals surface area contributed by atoms with Crippen LogP contribution in [0.4, 0.5) is 0 Å². The van der Waals surface area contributed by atoms with Crippen molar-refractivity contribution in [3.8, 4) is 0 Å². The highest BCUT2D eigenvalue weighted by atomic mass is 32.1. The molecule has 0 N–H and O–H groups in total. The minimum absolute atomic E-state index is 0.0111. The van der Waals surface area contributed by atoms with Crippen molar-refractivity contribution in [1.82, 2.24) is 0 Å². The summed E-state index contributed by atoms with van der Waals surface area (Å²) in [5.41, 5.74) is 1.23. The highest BCUT2D eigenvalue weighted by Crippen LogP contribution is 2.22. The Balaban J connectivity index is 3.00. The van der Waals surface area contributed by atoms with Crippen LogP contribution < -0.4 is 0 Å². The van der Waals surface area contributed by atoms with Crippen molar-refractivity contribution in [3.63, 3.8) is 0 Å². The summed E-state index contributed by atoms with van der Waals surface area (Å²) in [6.07, 6.45) is 0. The molecule has 0 spiro atoms. The molecule has 1 aromatic rings. The second-order valence-electron chi connectivity index (χ2n) is 2.88. The maximum atomic E-state index is 11.4. The summed E-state index contributed by atoms with van der Waals surface area (Å²) in [5.74, 6) is -0.364. The van der Waals surface area contributed by atoms with Crippen LogP contribution in [-0.2, 0) is 4.74 Å². The van der Waals surface area contributed by atoms with E-state index in [9.17, 15) is 9.59 Å². The lowest BCUT2D eigenvalue weighted by Crippen LogP contribution is -2.05. The Hall–Kier alpha value is -1.16. The Kier molecular flexibility index (Phi) is 3.41. The van der Waals surface area contributed by atoms with Gasteiger partial charge in [-0.05, 0) is 26.3 Å². The van der Waals surface area contributed by atoms with Crippen LogP contribution in [0.5, 0.6) is 0 Å². The van der Waals surface area contributed by atoms with Crippen molar-refractivity contribution >= 4 is 23.1 Å². The topological polar surface area (TPSA) is 43.4 Å². The molecule has 0 saturated carbocycles. The third-order valence-corrected chi connectivity index (χ3v) is 3.04. The molecule has 0 unspecified atom stereocenters. The molecule has 0 bridgehead atoms. The molecule has 3 nitrogen and oxygen atoms in total. The first-order valence-electron chi connectivity index (χ1n) is 4.34. The summed E-state index contributed by atoms with van der Waals surface area (Å²) in [6, 6.07) is 0. The van der Waals surface area contributed by atoms with E-state index in [0.29, 0.717) is 17.0 Å². The quantitative estimate of drug-likeness (QED) is 0.571. The molecule has 4 heteroatoms. The number of ketones is 1. The number of esters is 1. The minimum Gasteiger partial charge on any atom is -0.462 e. The first-order chi connectivity index (χ1) is 6.57. The Morgan fingerprint density at radius 3 is 2.57 bits per heavy atom. The summed E-state index contributed by atoms with van der Waals surface area (Å²) in [6.45, 7) is 5.36. The molecule has 0 aliphatic carbocycles. The van der Waals surface area contributed by atoms with E-state index in [1.807, 2.05) is 0 Å². The molecule has 0 aliphatic rings. The van der Waals surface area contributed by atoms with Crippen LogP contribution in [0, 0.1) is 6.92 Å². The fourth-order valence-corrected chi connectivity index (χ4v) is 2.14. The van der Waals surface area contributed by atoms with E-state index < -0.39 is 0 Å². The summed E-state index contributed by atoms with van der Waals surface area (Å²) in [5, 5.41) is 1.67. The predicted octanol–water partition coefficient (Wildman–Crippen LogP) is 2.44. The highest BCUT2D eigenvalue weighted by molar-refractivity contribution is 7.12. The number of Topliss-reactive ketones (excluding diaryl/α,β-unsaturated/α-hetero) is 1. The zero-order valence-corrected chi connectivity index (χ0v) is 9.23. The molecule has 0 aliphatic heterocycles. The van der Waals surface area contributed by atoms with Gasteiger partial charge >= 0.3 is 5.97 Å². The molecule has 0 amide bonds. The van der Waals surface area contributed by atoms with E-state index in [2.05, 4.69) is 0 Å². The molecular weight excluding hydrogens is 200 g/mol. The van der Waals surface area contributed by atoms with Gasteiger partial charge in [0.1, 0.15) is 0 Å². The zero-order chi connectivity index (χ0) is 10.7. The van der Waals surface area contributed by atoms with Gasteiger partial charge in [-0.1, -0.05) is 0 Å². The van der Waals surface area contributed by atoms with E-state index in [-0.39, 0.29) is 11.8 Å². The van der Waals surface area contributed by atoms with E-state index in [0.717, 1.165) is 5.56 Å². The average molecular weight is 212 g/mol. The molecule has 1 aromatic heterocycles. The van der Waals surface area contributed by atoms with Gasteiger partial charge in [0.25, 0.3) is 0 Å². The van der Waals surface area contributed by atoms with Crippen LogP contribution in [0.25, 0.3) is 0 Å². The van der Waals surface area contributed by atoms with Crippen molar-refractivity contribution in [2.24, 2.45) is 0 Å². The van der Waals surface area contributed by atoms with Gasteiger partial charge in [-0.3, -0.25) is 4.79 Å². The fraction of sp³-hybridized carbons (Fsp3) is 0.400. The second-order valence-corrected chi connectivity index (χ2v) is 3.76. The van der Waals surface area contributed by atoms with Crippen LogP contribution in [0.2, 0.25) is 0 Å². The van der Waals surface area contributed by atoms with Crippen molar-refractivity contribution in [2.75, 3.05) is 6.61 Å². The van der Waals surface area contributed by atoms with Crippen LogP contribution in [0.3, 0.4) is 0 Å². The maximum Gasteiger partial charge on any atom is 0.339 e. The van der Waals surface area contributed by atoms with E-state index in [1.54, 1.807) is 19.2 Å². The maximum absolute atomic E-state index is 11.4. The van der Waals surface area contributed by atoms with Crippen molar-refractivity contribution in [1.29, 1.82) is 0 Å². The van der Waals surface area contributed by atoms with E-state index in [4.69, 9.17) is 4.74 Å². The minimum atomic E-state index is -0.353. The lowest BCUT2D eigenvalue weighted by Gasteiger charge is -2.00. The van der Waals surface area contributed by atoms with Crippen molar-refractivity contribution < 1.29 is 14.3 Å². The van der Waals surface area contributed by atoms with Crippen molar-refractivity contribution in [3.05, 3.63) is 21.4 Å². The number of rotatable bonds is 3. The molecule has 0 atom stereocenters. The third kappa shape index (κ3) is 2.01. The number of hydrogen-bond donors (Lipinski definition) is 0. The number of carbonyl (C=O) groups is 2. The summed E-state index contributed by atoms with van der Waals surface area (Å²) < 4.78 is 4.86. The van der Waals surface area contributed by atoms with Gasteiger partial charge in [0.2, 0.25) is 0 Å². The van der Waals surface area contributed by atoms with Crippen LogP contribution in [0.1, 0.15) is 39.4 Å². The van der Waals surface area contributed by atoms with E-state index >= 15 is 0 Å². The molecule has 0 aromatic carbocycles. The summed E-state index contributed by atoms with van der Waals surface area (Å²) in [4.78, 5) is 23.1. The lowest BCUT2D eigenvalue weighted by molar-refractivity contribution is 0.0526.